The van der Waals surface area contributed by atoms with Crippen molar-refractivity contribution in [2.24, 2.45) is 0 Å². The molecule has 0 unspecified atom stereocenters. The molecule has 0 aliphatic rings. The van der Waals surface area contributed by atoms with Crippen molar-refractivity contribution in [1.29, 1.82) is 0 Å². The summed E-state index contributed by atoms with van der Waals surface area (Å²) in [6, 6.07) is 3.95. The maximum Gasteiger partial charge on any atom is 0.147 e. The van der Waals surface area contributed by atoms with Crippen molar-refractivity contribution in [2.45, 2.75) is 33.4 Å². The minimum Gasteiger partial charge on any atom is -0.469 e. The minimum atomic E-state index is 0.675. The van der Waals surface area contributed by atoms with Crippen LogP contribution in [-0.2, 0) is 13.1 Å². The van der Waals surface area contributed by atoms with E-state index in [9.17, 15) is 0 Å². The first-order valence-corrected chi connectivity index (χ1v) is 7.58. The van der Waals surface area contributed by atoms with Gasteiger partial charge in [-0.1, -0.05) is 18.5 Å². The maximum absolute atomic E-state index is 6.36. The van der Waals surface area contributed by atoms with Crippen molar-refractivity contribution in [3.8, 4) is 0 Å². The van der Waals surface area contributed by atoms with E-state index in [2.05, 4.69) is 17.2 Å². The molecule has 0 aromatic carbocycles. The smallest absolute Gasteiger partial charge is 0.147 e. The molecule has 2 aromatic heterocycles. The molecule has 4 nitrogen and oxygen atoms in total. The number of halogens is 1. The Hall–Kier alpha value is -1.52. The van der Waals surface area contributed by atoms with Crippen LogP contribution in [0.5, 0.6) is 0 Å². The highest BCUT2D eigenvalue weighted by Crippen LogP contribution is 2.25. The lowest BCUT2D eigenvalue weighted by molar-refractivity contribution is 0.529. The Morgan fingerprint density at radius 1 is 1.43 bits per heavy atom. The van der Waals surface area contributed by atoms with E-state index < -0.39 is 0 Å². The summed E-state index contributed by atoms with van der Waals surface area (Å²) in [5.74, 6) is 1.72. The summed E-state index contributed by atoms with van der Waals surface area (Å²) >= 11 is 6.36. The van der Waals surface area contributed by atoms with Crippen molar-refractivity contribution in [2.75, 3.05) is 18.5 Å². The molecule has 0 fully saturated rings. The van der Waals surface area contributed by atoms with Gasteiger partial charge in [0.05, 0.1) is 11.3 Å². The monoisotopic (exact) mass is 307 g/mol. The number of pyridine rings is 1. The van der Waals surface area contributed by atoms with Gasteiger partial charge in [-0.2, -0.15) is 0 Å². The Balaban J connectivity index is 2.04. The van der Waals surface area contributed by atoms with Crippen LogP contribution in [0.4, 0.5) is 5.82 Å². The summed E-state index contributed by atoms with van der Waals surface area (Å²) in [4.78, 5) is 6.52. The maximum atomic E-state index is 6.36. The van der Waals surface area contributed by atoms with Crippen LogP contribution in [0, 0.1) is 6.92 Å². The molecule has 0 aliphatic heterocycles. The number of aromatic nitrogens is 1. The fraction of sp³-hybridized carbons (Fsp3) is 0.438. The Morgan fingerprint density at radius 2 is 2.24 bits per heavy atom. The van der Waals surface area contributed by atoms with Crippen molar-refractivity contribution in [1.82, 2.24) is 10.3 Å². The van der Waals surface area contributed by atoms with E-state index in [1.165, 1.54) is 0 Å². The van der Waals surface area contributed by atoms with Gasteiger partial charge in [0, 0.05) is 31.9 Å². The van der Waals surface area contributed by atoms with E-state index in [0.717, 1.165) is 48.8 Å². The number of aryl methyl sites for hydroxylation is 1. The van der Waals surface area contributed by atoms with Crippen LogP contribution in [0.15, 0.2) is 29.0 Å². The molecule has 114 valence electrons. The lowest BCUT2D eigenvalue weighted by Gasteiger charge is -2.19. The van der Waals surface area contributed by atoms with Crippen LogP contribution in [0.2, 0.25) is 5.02 Å². The van der Waals surface area contributed by atoms with Crippen LogP contribution in [-0.4, -0.2) is 18.6 Å². The van der Waals surface area contributed by atoms with Gasteiger partial charge in [-0.3, -0.25) is 0 Å². The van der Waals surface area contributed by atoms with Crippen molar-refractivity contribution < 1.29 is 4.42 Å². The van der Waals surface area contributed by atoms with Crippen molar-refractivity contribution in [3.05, 3.63) is 46.5 Å². The molecule has 2 rings (SSSR count). The number of nitrogens with one attached hydrogen (secondary N) is 1. The van der Waals surface area contributed by atoms with Gasteiger partial charge in [-0.15, -0.1) is 0 Å². The second-order valence-electron chi connectivity index (χ2n) is 5.18. The van der Waals surface area contributed by atoms with Crippen LogP contribution >= 0.6 is 11.6 Å². The highest BCUT2D eigenvalue weighted by molar-refractivity contribution is 6.33. The molecule has 5 heteroatoms. The molecule has 0 atom stereocenters. The minimum absolute atomic E-state index is 0.675. The van der Waals surface area contributed by atoms with E-state index in [1.54, 1.807) is 6.26 Å². The summed E-state index contributed by atoms with van der Waals surface area (Å²) in [6.45, 7) is 6.63. The second kappa shape index (κ2) is 7.48. The third kappa shape index (κ3) is 4.22. The lowest BCUT2D eigenvalue weighted by atomic mass is 10.2. The van der Waals surface area contributed by atoms with Crippen LogP contribution in [0.1, 0.15) is 30.2 Å². The number of nitrogens with zero attached hydrogens (tertiary/aromatic N) is 2. The van der Waals surface area contributed by atoms with Gasteiger partial charge in [0.15, 0.2) is 0 Å². The topological polar surface area (TPSA) is 41.3 Å². The lowest BCUT2D eigenvalue weighted by Crippen LogP contribution is -2.19. The first-order chi connectivity index (χ1) is 10.1. The fourth-order valence-corrected chi connectivity index (χ4v) is 2.50. The Bertz CT molecular complexity index is 583. The van der Waals surface area contributed by atoms with Gasteiger partial charge in [-0.05, 0) is 37.6 Å². The molecular formula is C16H22ClN3O. The number of hydrogen-bond acceptors (Lipinski definition) is 4. The zero-order chi connectivity index (χ0) is 15.2. The number of anilines is 1. The van der Waals surface area contributed by atoms with E-state index >= 15 is 0 Å². The molecule has 0 spiro atoms. The fourth-order valence-electron chi connectivity index (χ4n) is 2.16. The zero-order valence-electron chi connectivity index (χ0n) is 12.8. The van der Waals surface area contributed by atoms with E-state index in [1.807, 2.05) is 37.2 Å². The first-order valence-electron chi connectivity index (χ1n) is 7.21. The summed E-state index contributed by atoms with van der Waals surface area (Å²) in [6.07, 6.45) is 4.70. The molecule has 0 bridgehead atoms. The third-order valence-corrected chi connectivity index (χ3v) is 3.65. The molecule has 0 saturated carbocycles. The molecular weight excluding hydrogens is 286 g/mol. The third-order valence-electron chi connectivity index (χ3n) is 3.37. The highest BCUT2D eigenvalue weighted by Gasteiger charge is 2.11. The standard InChI is InChI=1S/C16H22ClN3O/c1-4-6-18-9-13-8-15(17)16(19-10-13)20(3)11-14-5-7-21-12(14)2/h5,7-8,10,18H,4,6,9,11H2,1-3H3. The van der Waals surface area contributed by atoms with Crippen LogP contribution in [0.25, 0.3) is 0 Å². The summed E-state index contributed by atoms with van der Waals surface area (Å²) in [7, 11) is 1.98. The van der Waals surface area contributed by atoms with Crippen LogP contribution in [0.3, 0.4) is 0 Å². The summed E-state index contributed by atoms with van der Waals surface area (Å²) in [5, 5.41) is 4.02. The molecule has 0 aliphatic carbocycles. The Kier molecular flexibility index (Phi) is 5.65. The summed E-state index contributed by atoms with van der Waals surface area (Å²) < 4.78 is 5.32. The van der Waals surface area contributed by atoms with Gasteiger partial charge >= 0.3 is 0 Å². The van der Waals surface area contributed by atoms with Crippen LogP contribution < -0.4 is 10.2 Å². The Labute approximate surface area is 131 Å². The average Bonchev–Trinajstić information content (AvgIpc) is 2.84. The quantitative estimate of drug-likeness (QED) is 0.791. The highest BCUT2D eigenvalue weighted by atomic mass is 35.5. The molecule has 21 heavy (non-hydrogen) atoms. The van der Waals surface area contributed by atoms with Crippen molar-refractivity contribution in [3.63, 3.8) is 0 Å². The number of hydrogen-bond donors (Lipinski definition) is 1. The second-order valence-corrected chi connectivity index (χ2v) is 5.59. The van der Waals surface area contributed by atoms with E-state index in [0.29, 0.717) is 5.02 Å². The molecule has 0 radical (unpaired) electrons. The van der Waals surface area contributed by atoms with Gasteiger partial charge in [0.1, 0.15) is 11.6 Å². The van der Waals surface area contributed by atoms with E-state index in [-0.39, 0.29) is 0 Å². The Morgan fingerprint density at radius 3 is 2.86 bits per heavy atom. The van der Waals surface area contributed by atoms with Gasteiger partial charge < -0.3 is 14.6 Å². The largest absolute Gasteiger partial charge is 0.469 e. The van der Waals surface area contributed by atoms with Gasteiger partial charge in [-0.25, -0.2) is 4.98 Å². The predicted octanol–water partition coefficient (Wildman–Crippen LogP) is 3.77. The normalized spacial score (nSPS) is 10.9. The van der Waals surface area contributed by atoms with Gasteiger partial charge in [0.2, 0.25) is 0 Å². The molecule has 1 N–H and O–H groups in total. The first kappa shape index (κ1) is 15.9. The molecule has 2 aromatic rings. The number of rotatable bonds is 7. The van der Waals surface area contributed by atoms with Gasteiger partial charge in [0.25, 0.3) is 0 Å². The zero-order valence-corrected chi connectivity index (χ0v) is 13.6. The van der Waals surface area contributed by atoms with E-state index in [4.69, 9.17) is 16.0 Å². The van der Waals surface area contributed by atoms with Crippen molar-refractivity contribution >= 4 is 17.4 Å². The molecule has 2 heterocycles. The summed E-state index contributed by atoms with van der Waals surface area (Å²) in [5.41, 5.74) is 2.24. The average molecular weight is 308 g/mol. The molecule has 0 saturated heterocycles. The molecule has 0 amide bonds. The number of furan rings is 1. The SMILES string of the molecule is CCCNCc1cnc(N(C)Cc2ccoc2C)c(Cl)c1. The predicted molar refractivity (Wildman–Crippen MR) is 86.8 cm³/mol.